The molecule has 0 saturated heterocycles. The monoisotopic (exact) mass is 177 g/mol. The Kier molecular flexibility index (Phi) is 2.23. The molecule has 0 bridgehead atoms. The average molecular weight is 177 g/mol. The van der Waals surface area contributed by atoms with Crippen LogP contribution in [0.25, 0.3) is 0 Å². The number of hydrogen-bond donors (Lipinski definition) is 2. The highest BCUT2D eigenvalue weighted by atomic mass is 16.3. The molecule has 1 aliphatic rings. The van der Waals surface area contributed by atoms with E-state index in [2.05, 4.69) is 6.07 Å². The molecule has 13 heavy (non-hydrogen) atoms. The van der Waals surface area contributed by atoms with Crippen molar-refractivity contribution in [2.75, 3.05) is 0 Å². The van der Waals surface area contributed by atoms with E-state index in [-0.39, 0.29) is 0 Å². The van der Waals surface area contributed by atoms with Gasteiger partial charge in [-0.15, -0.1) is 0 Å². The summed E-state index contributed by atoms with van der Waals surface area (Å²) in [5, 5.41) is 9.58. The maximum atomic E-state index is 9.58. The van der Waals surface area contributed by atoms with Crippen molar-refractivity contribution >= 4 is 0 Å². The van der Waals surface area contributed by atoms with E-state index in [1.165, 1.54) is 24.8 Å². The smallest absolute Gasteiger partial charge is 0.120 e. The molecule has 1 aromatic rings. The maximum Gasteiger partial charge on any atom is 0.120 e. The molecule has 3 N–H and O–H groups in total. The van der Waals surface area contributed by atoms with Gasteiger partial charge in [-0.1, -0.05) is 18.6 Å². The first kappa shape index (κ1) is 8.57. The Hall–Kier alpha value is -1.02. The fourth-order valence-corrected chi connectivity index (χ4v) is 1.75. The predicted molar refractivity (Wildman–Crippen MR) is 52.6 cm³/mol. The second kappa shape index (κ2) is 3.38. The van der Waals surface area contributed by atoms with Crippen LogP contribution in [0.1, 0.15) is 36.3 Å². The minimum Gasteiger partial charge on any atom is -0.508 e. The summed E-state index contributed by atoms with van der Waals surface area (Å²) in [5.41, 5.74) is 7.56. The van der Waals surface area contributed by atoms with Crippen molar-refractivity contribution in [3.05, 3.63) is 29.3 Å². The lowest BCUT2D eigenvalue weighted by molar-refractivity contribution is 0.415. The Labute approximate surface area is 78.4 Å². The summed E-state index contributed by atoms with van der Waals surface area (Å²) in [7, 11) is 0. The van der Waals surface area contributed by atoms with E-state index in [9.17, 15) is 5.11 Å². The van der Waals surface area contributed by atoms with Crippen molar-refractivity contribution < 1.29 is 5.11 Å². The van der Waals surface area contributed by atoms with Gasteiger partial charge in [-0.2, -0.15) is 0 Å². The van der Waals surface area contributed by atoms with Crippen LogP contribution < -0.4 is 5.73 Å². The first-order valence-corrected chi connectivity index (χ1v) is 4.83. The number of phenols is 1. The summed E-state index contributed by atoms with van der Waals surface area (Å²) >= 11 is 0. The zero-order valence-electron chi connectivity index (χ0n) is 7.66. The average Bonchev–Trinajstić information content (AvgIpc) is 2.01. The van der Waals surface area contributed by atoms with Crippen LogP contribution in [0, 0.1) is 0 Å². The third kappa shape index (κ3) is 1.54. The van der Waals surface area contributed by atoms with Crippen LogP contribution in [-0.4, -0.2) is 5.11 Å². The molecule has 1 saturated carbocycles. The summed E-state index contributed by atoms with van der Waals surface area (Å²) in [5.74, 6) is 1.03. The molecule has 0 aromatic heterocycles. The van der Waals surface area contributed by atoms with Crippen LogP contribution in [0.15, 0.2) is 18.2 Å². The molecule has 70 valence electrons. The topological polar surface area (TPSA) is 46.2 Å². The largest absolute Gasteiger partial charge is 0.508 e. The minimum atomic E-state index is 0.354. The predicted octanol–water partition coefficient (Wildman–Crippen LogP) is 2.12. The van der Waals surface area contributed by atoms with Gasteiger partial charge in [-0.3, -0.25) is 0 Å². The van der Waals surface area contributed by atoms with Gasteiger partial charge in [0.25, 0.3) is 0 Å². The van der Waals surface area contributed by atoms with Gasteiger partial charge in [0.2, 0.25) is 0 Å². The van der Waals surface area contributed by atoms with Crippen LogP contribution in [0.4, 0.5) is 0 Å². The van der Waals surface area contributed by atoms with Gasteiger partial charge in [-0.25, -0.2) is 0 Å². The molecular formula is C11H15NO. The Morgan fingerprint density at radius 1 is 1.38 bits per heavy atom. The van der Waals surface area contributed by atoms with E-state index >= 15 is 0 Å². The summed E-state index contributed by atoms with van der Waals surface area (Å²) in [6.45, 7) is 0.413. The number of nitrogens with two attached hydrogens (primary N) is 1. The van der Waals surface area contributed by atoms with E-state index < -0.39 is 0 Å². The molecule has 0 radical (unpaired) electrons. The molecule has 1 fully saturated rings. The van der Waals surface area contributed by atoms with E-state index in [4.69, 9.17) is 5.73 Å². The van der Waals surface area contributed by atoms with Crippen LogP contribution >= 0.6 is 0 Å². The lowest BCUT2D eigenvalue weighted by Gasteiger charge is -2.26. The van der Waals surface area contributed by atoms with Crippen LogP contribution in [-0.2, 0) is 6.54 Å². The summed E-state index contributed by atoms with van der Waals surface area (Å²) in [4.78, 5) is 0. The molecule has 0 aliphatic heterocycles. The first-order valence-electron chi connectivity index (χ1n) is 4.83. The fourth-order valence-electron chi connectivity index (χ4n) is 1.75. The first-order chi connectivity index (χ1) is 6.31. The van der Waals surface area contributed by atoms with Gasteiger partial charge in [-0.05, 0) is 30.4 Å². The molecule has 1 aromatic carbocycles. The van der Waals surface area contributed by atoms with Crippen LogP contribution in [0.2, 0.25) is 0 Å². The Balaban J connectivity index is 2.24. The quantitative estimate of drug-likeness (QED) is 0.726. The highest BCUT2D eigenvalue weighted by Crippen LogP contribution is 2.37. The molecule has 0 atom stereocenters. The second-order valence-corrected chi connectivity index (χ2v) is 3.72. The van der Waals surface area contributed by atoms with Gasteiger partial charge in [0.05, 0.1) is 0 Å². The van der Waals surface area contributed by atoms with E-state index in [1.807, 2.05) is 12.1 Å². The SMILES string of the molecule is NCc1ccc(C2CCC2)cc1O. The minimum absolute atomic E-state index is 0.354. The highest BCUT2D eigenvalue weighted by Gasteiger charge is 2.19. The molecule has 2 nitrogen and oxygen atoms in total. The molecule has 0 amide bonds. The molecule has 1 aliphatic carbocycles. The van der Waals surface area contributed by atoms with Crippen molar-refractivity contribution in [2.24, 2.45) is 5.73 Å². The van der Waals surface area contributed by atoms with Crippen LogP contribution in [0.3, 0.4) is 0 Å². The molecule has 0 heterocycles. The summed E-state index contributed by atoms with van der Waals surface area (Å²) in [6.07, 6.45) is 3.85. The lowest BCUT2D eigenvalue weighted by Crippen LogP contribution is -2.08. The Morgan fingerprint density at radius 3 is 2.62 bits per heavy atom. The van der Waals surface area contributed by atoms with Gasteiger partial charge < -0.3 is 10.8 Å². The number of rotatable bonds is 2. The van der Waals surface area contributed by atoms with E-state index in [1.54, 1.807) is 0 Å². The standard InChI is InChI=1S/C11H15NO/c12-7-10-5-4-9(6-11(10)13)8-2-1-3-8/h4-6,8,13H,1-3,7,12H2. The summed E-state index contributed by atoms with van der Waals surface area (Å²) < 4.78 is 0. The van der Waals surface area contributed by atoms with Gasteiger partial charge in [0.1, 0.15) is 5.75 Å². The fraction of sp³-hybridized carbons (Fsp3) is 0.455. The lowest BCUT2D eigenvalue weighted by atomic mass is 9.80. The maximum absolute atomic E-state index is 9.58. The van der Waals surface area contributed by atoms with Crippen molar-refractivity contribution in [3.63, 3.8) is 0 Å². The zero-order valence-corrected chi connectivity index (χ0v) is 7.66. The molecule has 2 heteroatoms. The number of phenolic OH excluding ortho intramolecular Hbond substituents is 1. The Morgan fingerprint density at radius 2 is 2.15 bits per heavy atom. The van der Waals surface area contributed by atoms with E-state index in [0.29, 0.717) is 18.2 Å². The molecule has 2 rings (SSSR count). The third-order valence-electron chi connectivity index (χ3n) is 2.91. The second-order valence-electron chi connectivity index (χ2n) is 3.72. The van der Waals surface area contributed by atoms with Gasteiger partial charge in [0, 0.05) is 12.1 Å². The van der Waals surface area contributed by atoms with Crippen molar-refractivity contribution in [1.82, 2.24) is 0 Å². The van der Waals surface area contributed by atoms with Crippen molar-refractivity contribution in [2.45, 2.75) is 31.7 Å². The number of benzene rings is 1. The van der Waals surface area contributed by atoms with Gasteiger partial charge >= 0.3 is 0 Å². The van der Waals surface area contributed by atoms with Crippen LogP contribution in [0.5, 0.6) is 5.75 Å². The molecular weight excluding hydrogens is 162 g/mol. The zero-order chi connectivity index (χ0) is 9.26. The van der Waals surface area contributed by atoms with Crippen molar-refractivity contribution in [1.29, 1.82) is 0 Å². The molecule has 0 unspecified atom stereocenters. The highest BCUT2D eigenvalue weighted by molar-refractivity contribution is 5.38. The number of hydrogen-bond acceptors (Lipinski definition) is 2. The van der Waals surface area contributed by atoms with Gasteiger partial charge in [0.15, 0.2) is 0 Å². The molecule has 0 spiro atoms. The van der Waals surface area contributed by atoms with Crippen molar-refractivity contribution in [3.8, 4) is 5.75 Å². The summed E-state index contributed by atoms with van der Waals surface area (Å²) in [6, 6.07) is 5.89. The number of aromatic hydroxyl groups is 1. The normalized spacial score (nSPS) is 17.0. The van der Waals surface area contributed by atoms with E-state index in [0.717, 1.165) is 5.56 Å². The Bertz CT molecular complexity index is 305. The third-order valence-corrected chi connectivity index (χ3v) is 2.91.